The Hall–Kier alpha value is -1.14. The third-order valence-electron chi connectivity index (χ3n) is 4.59. The predicted molar refractivity (Wildman–Crippen MR) is 102 cm³/mol. The van der Waals surface area contributed by atoms with Crippen LogP contribution in [0.5, 0.6) is 0 Å². The predicted octanol–water partition coefficient (Wildman–Crippen LogP) is 3.55. The van der Waals surface area contributed by atoms with E-state index in [-0.39, 0.29) is 5.60 Å². The lowest BCUT2D eigenvalue weighted by Gasteiger charge is -2.37. The summed E-state index contributed by atoms with van der Waals surface area (Å²) in [5.74, 6) is 0.838. The third-order valence-corrected chi connectivity index (χ3v) is 5.67. The van der Waals surface area contributed by atoms with Crippen LogP contribution in [0.3, 0.4) is 0 Å². The molecule has 1 heterocycles. The van der Waals surface area contributed by atoms with Crippen LogP contribution in [0.1, 0.15) is 61.0 Å². The average molecular weight is 353 g/mol. The van der Waals surface area contributed by atoms with Crippen molar-refractivity contribution in [3.05, 3.63) is 15.6 Å². The van der Waals surface area contributed by atoms with Crippen LogP contribution in [0.2, 0.25) is 0 Å². The summed E-state index contributed by atoms with van der Waals surface area (Å²) in [6.45, 7) is 8.71. The van der Waals surface area contributed by atoms with Gasteiger partial charge in [-0.25, -0.2) is 4.98 Å². The molecule has 0 bridgehead atoms. The molecule has 0 unspecified atom stereocenters. The highest BCUT2D eigenvalue weighted by atomic mass is 32.1. The molecule has 0 spiro atoms. The highest BCUT2D eigenvalue weighted by Gasteiger charge is 2.32. The van der Waals surface area contributed by atoms with E-state index in [4.69, 9.17) is 4.74 Å². The van der Waals surface area contributed by atoms with Gasteiger partial charge in [0.25, 0.3) is 0 Å². The van der Waals surface area contributed by atoms with Gasteiger partial charge in [0.2, 0.25) is 0 Å². The van der Waals surface area contributed by atoms with Crippen molar-refractivity contribution in [1.82, 2.24) is 15.6 Å². The lowest BCUT2D eigenvalue weighted by molar-refractivity contribution is -0.0657. The molecule has 0 amide bonds. The number of aryl methyl sites for hydroxylation is 2. The Bertz CT molecular complexity index is 535. The SMILES string of the molecule is CCCOC1(CNC(=NC)NCc2sc(C)nc2C)CCCCC1. The number of nitrogens with zero attached hydrogens (tertiary/aromatic N) is 2. The number of guanidine groups is 1. The van der Waals surface area contributed by atoms with Gasteiger partial charge in [0.1, 0.15) is 0 Å². The standard InChI is InChI=1S/C18H32N4OS/c1-5-11-23-18(9-7-6-8-10-18)13-21-17(19-4)20-12-16-14(2)22-15(3)24-16/h5-13H2,1-4H3,(H2,19,20,21). The number of nitrogens with one attached hydrogen (secondary N) is 2. The highest BCUT2D eigenvalue weighted by Crippen LogP contribution is 2.31. The number of hydrogen-bond donors (Lipinski definition) is 2. The van der Waals surface area contributed by atoms with E-state index in [0.29, 0.717) is 0 Å². The zero-order valence-electron chi connectivity index (χ0n) is 15.6. The number of aromatic nitrogens is 1. The van der Waals surface area contributed by atoms with Gasteiger partial charge in [-0.15, -0.1) is 11.3 Å². The molecule has 2 N–H and O–H groups in total. The molecule has 1 aliphatic rings. The van der Waals surface area contributed by atoms with E-state index in [9.17, 15) is 0 Å². The molecule has 1 aromatic rings. The summed E-state index contributed by atoms with van der Waals surface area (Å²) in [6.07, 6.45) is 7.20. The van der Waals surface area contributed by atoms with Crippen molar-refractivity contribution in [3.8, 4) is 0 Å². The Morgan fingerprint density at radius 3 is 2.58 bits per heavy atom. The Morgan fingerprint density at radius 1 is 1.25 bits per heavy atom. The molecule has 5 nitrogen and oxygen atoms in total. The minimum absolute atomic E-state index is 0.0249. The first-order chi connectivity index (χ1) is 11.6. The van der Waals surface area contributed by atoms with Gasteiger partial charge < -0.3 is 15.4 Å². The van der Waals surface area contributed by atoms with Crippen LogP contribution in [-0.4, -0.2) is 36.7 Å². The quantitative estimate of drug-likeness (QED) is 0.582. The molecule has 1 saturated carbocycles. The van der Waals surface area contributed by atoms with E-state index in [0.717, 1.165) is 55.6 Å². The summed E-state index contributed by atoms with van der Waals surface area (Å²) >= 11 is 1.74. The maximum atomic E-state index is 6.25. The largest absolute Gasteiger partial charge is 0.373 e. The second kappa shape index (κ2) is 9.37. The van der Waals surface area contributed by atoms with Gasteiger partial charge >= 0.3 is 0 Å². The summed E-state index contributed by atoms with van der Waals surface area (Å²) in [5, 5.41) is 8.00. The third kappa shape index (κ3) is 5.45. The first kappa shape index (κ1) is 19.2. The number of ether oxygens (including phenoxy) is 1. The van der Waals surface area contributed by atoms with Crippen LogP contribution in [0.15, 0.2) is 4.99 Å². The molecule has 136 valence electrons. The number of hydrogen-bond acceptors (Lipinski definition) is 4. The minimum Gasteiger partial charge on any atom is -0.373 e. The van der Waals surface area contributed by atoms with E-state index < -0.39 is 0 Å². The number of rotatable bonds is 7. The first-order valence-corrected chi connectivity index (χ1v) is 9.91. The topological polar surface area (TPSA) is 58.5 Å². The summed E-state index contributed by atoms with van der Waals surface area (Å²) in [5.41, 5.74) is 1.08. The molecule has 24 heavy (non-hydrogen) atoms. The molecule has 0 aromatic carbocycles. The average Bonchev–Trinajstić information content (AvgIpc) is 2.91. The van der Waals surface area contributed by atoms with Crippen LogP contribution < -0.4 is 10.6 Å². The van der Waals surface area contributed by atoms with Crippen molar-refractivity contribution >= 4 is 17.3 Å². The monoisotopic (exact) mass is 352 g/mol. The van der Waals surface area contributed by atoms with Crippen LogP contribution in [0.25, 0.3) is 0 Å². The Labute approximate surface area is 150 Å². The normalized spacial score (nSPS) is 17.8. The second-order valence-corrected chi connectivity index (χ2v) is 7.90. The number of aliphatic imine (C=N–C) groups is 1. The van der Waals surface area contributed by atoms with Crippen LogP contribution in [0.4, 0.5) is 0 Å². The van der Waals surface area contributed by atoms with Gasteiger partial charge in [0, 0.05) is 25.1 Å². The van der Waals surface area contributed by atoms with Crippen LogP contribution >= 0.6 is 11.3 Å². The number of thiazole rings is 1. The summed E-state index contributed by atoms with van der Waals surface area (Å²) in [4.78, 5) is 10.1. The fraction of sp³-hybridized carbons (Fsp3) is 0.778. The van der Waals surface area contributed by atoms with Gasteiger partial charge in [-0.3, -0.25) is 4.99 Å². The molecule has 0 aliphatic heterocycles. The molecule has 0 atom stereocenters. The first-order valence-electron chi connectivity index (χ1n) is 9.10. The van der Waals surface area contributed by atoms with Crippen molar-refractivity contribution in [2.45, 2.75) is 71.4 Å². The fourth-order valence-electron chi connectivity index (χ4n) is 3.25. The molecule has 0 saturated heterocycles. The van der Waals surface area contributed by atoms with Crippen molar-refractivity contribution in [2.24, 2.45) is 4.99 Å². The smallest absolute Gasteiger partial charge is 0.191 e. The summed E-state index contributed by atoms with van der Waals surface area (Å²) in [7, 11) is 1.82. The lowest BCUT2D eigenvalue weighted by atomic mass is 9.84. The van der Waals surface area contributed by atoms with Crippen molar-refractivity contribution < 1.29 is 4.74 Å². The summed E-state index contributed by atoms with van der Waals surface area (Å²) in [6, 6.07) is 0. The van der Waals surface area contributed by atoms with Gasteiger partial charge in [-0.05, 0) is 33.1 Å². The Kier molecular flexibility index (Phi) is 7.49. The van der Waals surface area contributed by atoms with Crippen molar-refractivity contribution in [2.75, 3.05) is 20.2 Å². The molecule has 1 aliphatic carbocycles. The van der Waals surface area contributed by atoms with E-state index in [1.54, 1.807) is 11.3 Å². The van der Waals surface area contributed by atoms with E-state index in [2.05, 4.69) is 34.5 Å². The fourth-order valence-corrected chi connectivity index (χ4v) is 4.13. The van der Waals surface area contributed by atoms with E-state index in [1.165, 1.54) is 24.1 Å². The van der Waals surface area contributed by atoms with Gasteiger partial charge in [-0.1, -0.05) is 26.2 Å². The maximum Gasteiger partial charge on any atom is 0.191 e. The zero-order valence-corrected chi connectivity index (χ0v) is 16.4. The van der Waals surface area contributed by atoms with Crippen LogP contribution in [-0.2, 0) is 11.3 Å². The van der Waals surface area contributed by atoms with E-state index in [1.807, 2.05) is 14.0 Å². The molecule has 1 aromatic heterocycles. The van der Waals surface area contributed by atoms with Gasteiger partial charge in [0.05, 0.1) is 22.8 Å². The molecule has 0 radical (unpaired) electrons. The highest BCUT2D eigenvalue weighted by molar-refractivity contribution is 7.11. The van der Waals surface area contributed by atoms with Crippen molar-refractivity contribution in [1.29, 1.82) is 0 Å². The Balaban J connectivity index is 1.87. The second-order valence-electron chi connectivity index (χ2n) is 6.61. The Morgan fingerprint density at radius 2 is 2.00 bits per heavy atom. The maximum absolute atomic E-state index is 6.25. The van der Waals surface area contributed by atoms with E-state index >= 15 is 0 Å². The minimum atomic E-state index is -0.0249. The van der Waals surface area contributed by atoms with Gasteiger partial charge in [0.15, 0.2) is 5.96 Å². The van der Waals surface area contributed by atoms with Crippen LogP contribution in [0, 0.1) is 13.8 Å². The zero-order chi connectivity index (χ0) is 17.4. The molecule has 2 rings (SSSR count). The van der Waals surface area contributed by atoms with Crippen molar-refractivity contribution in [3.63, 3.8) is 0 Å². The summed E-state index contributed by atoms with van der Waals surface area (Å²) < 4.78 is 6.25. The lowest BCUT2D eigenvalue weighted by Crippen LogP contribution is -2.49. The molecular formula is C18H32N4OS. The molecule has 1 fully saturated rings. The molecular weight excluding hydrogens is 320 g/mol. The van der Waals surface area contributed by atoms with Gasteiger partial charge in [-0.2, -0.15) is 0 Å². The molecule has 6 heteroatoms.